The number of hydrogen-bond donors (Lipinski definition) is 2. The number of nitrogens with zero attached hydrogens (tertiary/aromatic N) is 2. The van der Waals surface area contributed by atoms with Gasteiger partial charge in [-0.3, -0.25) is 4.98 Å². The summed E-state index contributed by atoms with van der Waals surface area (Å²) in [6.45, 7) is 3.60. The first-order chi connectivity index (χ1) is 11.1. The molecule has 0 saturated heterocycles. The number of H-pyrrole nitrogens is 1. The molecule has 4 rings (SSSR count). The number of hydrogen-bond acceptors (Lipinski definition) is 4. The Morgan fingerprint density at radius 3 is 2.96 bits per heavy atom. The summed E-state index contributed by atoms with van der Waals surface area (Å²) in [5, 5.41) is 2.19. The SMILES string of the molecule is Cc1ccc(CN2Cc3cc(Cl)c4c(Cl)c[nH]c4c3NS2)cn1. The number of anilines is 1. The van der Waals surface area contributed by atoms with Gasteiger partial charge in [-0.25, -0.2) is 4.31 Å². The van der Waals surface area contributed by atoms with Crippen LogP contribution in [-0.2, 0) is 13.1 Å². The summed E-state index contributed by atoms with van der Waals surface area (Å²) in [4.78, 5) is 7.56. The number of aromatic nitrogens is 2. The first-order valence-electron chi connectivity index (χ1n) is 7.19. The van der Waals surface area contributed by atoms with Gasteiger partial charge < -0.3 is 9.71 Å². The molecule has 0 amide bonds. The summed E-state index contributed by atoms with van der Waals surface area (Å²) in [5.74, 6) is 0. The van der Waals surface area contributed by atoms with E-state index in [1.165, 1.54) is 5.56 Å². The summed E-state index contributed by atoms with van der Waals surface area (Å²) in [5.41, 5.74) is 5.38. The highest BCUT2D eigenvalue weighted by molar-refractivity contribution is 7.98. The molecule has 1 aromatic carbocycles. The van der Waals surface area contributed by atoms with Gasteiger partial charge in [0, 0.05) is 48.7 Å². The molecule has 2 aromatic heterocycles. The fourth-order valence-electron chi connectivity index (χ4n) is 2.75. The lowest BCUT2D eigenvalue weighted by Gasteiger charge is -2.28. The van der Waals surface area contributed by atoms with Gasteiger partial charge in [0.1, 0.15) is 0 Å². The van der Waals surface area contributed by atoms with Crippen molar-refractivity contribution in [2.75, 3.05) is 4.72 Å². The molecule has 4 nitrogen and oxygen atoms in total. The average Bonchev–Trinajstić information content (AvgIpc) is 2.92. The third-order valence-electron chi connectivity index (χ3n) is 3.90. The number of nitrogens with one attached hydrogen (secondary N) is 2. The fraction of sp³-hybridized carbons (Fsp3) is 0.188. The summed E-state index contributed by atoms with van der Waals surface area (Å²) in [6, 6.07) is 6.14. The van der Waals surface area contributed by atoms with Crippen molar-refractivity contribution in [2.45, 2.75) is 20.0 Å². The smallest absolute Gasteiger partial charge is 0.0742 e. The molecule has 1 aliphatic heterocycles. The molecular formula is C16H14Cl2N4S. The lowest BCUT2D eigenvalue weighted by Crippen LogP contribution is -2.22. The van der Waals surface area contributed by atoms with Crippen LogP contribution in [0.1, 0.15) is 16.8 Å². The van der Waals surface area contributed by atoms with E-state index in [9.17, 15) is 0 Å². The number of rotatable bonds is 2. The highest BCUT2D eigenvalue weighted by Crippen LogP contribution is 2.41. The van der Waals surface area contributed by atoms with Crippen molar-refractivity contribution in [1.82, 2.24) is 14.3 Å². The van der Waals surface area contributed by atoms with Crippen LogP contribution in [0.4, 0.5) is 5.69 Å². The van der Waals surface area contributed by atoms with E-state index in [1.807, 2.05) is 25.3 Å². The van der Waals surface area contributed by atoms with Crippen molar-refractivity contribution in [3.63, 3.8) is 0 Å². The number of benzene rings is 1. The van der Waals surface area contributed by atoms with E-state index in [2.05, 4.69) is 25.1 Å². The maximum absolute atomic E-state index is 6.40. The molecular weight excluding hydrogens is 351 g/mol. The lowest BCUT2D eigenvalue weighted by molar-refractivity contribution is 0.460. The van der Waals surface area contributed by atoms with Crippen LogP contribution in [0.5, 0.6) is 0 Å². The zero-order valence-corrected chi connectivity index (χ0v) is 14.7. The van der Waals surface area contributed by atoms with Gasteiger partial charge in [0.05, 0.1) is 21.2 Å². The van der Waals surface area contributed by atoms with Gasteiger partial charge in [-0.15, -0.1) is 0 Å². The van der Waals surface area contributed by atoms with E-state index in [1.54, 1.807) is 18.3 Å². The Hall–Kier alpha value is -1.40. The number of aromatic amines is 1. The zero-order chi connectivity index (χ0) is 16.0. The first kappa shape index (κ1) is 15.1. The van der Waals surface area contributed by atoms with Gasteiger partial charge in [0.2, 0.25) is 0 Å². The quantitative estimate of drug-likeness (QED) is 0.615. The second-order valence-corrected chi connectivity index (χ2v) is 7.30. The molecule has 3 heterocycles. The minimum Gasteiger partial charge on any atom is -0.358 e. The number of pyridine rings is 1. The largest absolute Gasteiger partial charge is 0.358 e. The average molecular weight is 365 g/mol. The van der Waals surface area contributed by atoms with Crippen LogP contribution in [0.2, 0.25) is 10.0 Å². The van der Waals surface area contributed by atoms with E-state index < -0.39 is 0 Å². The predicted octanol–water partition coefficient (Wildman–Crippen LogP) is 5.17. The molecule has 1 aliphatic rings. The second-order valence-electron chi connectivity index (χ2n) is 5.58. The van der Waals surface area contributed by atoms with Gasteiger partial charge in [0.15, 0.2) is 0 Å². The molecule has 23 heavy (non-hydrogen) atoms. The van der Waals surface area contributed by atoms with Crippen molar-refractivity contribution in [1.29, 1.82) is 0 Å². The van der Waals surface area contributed by atoms with Crippen molar-refractivity contribution in [3.8, 4) is 0 Å². The van der Waals surface area contributed by atoms with E-state index in [-0.39, 0.29) is 0 Å². The van der Waals surface area contributed by atoms with Gasteiger partial charge in [0.25, 0.3) is 0 Å². The number of aryl methyl sites for hydroxylation is 1. The maximum Gasteiger partial charge on any atom is 0.0742 e. The molecule has 0 atom stereocenters. The van der Waals surface area contributed by atoms with E-state index in [4.69, 9.17) is 23.2 Å². The van der Waals surface area contributed by atoms with E-state index >= 15 is 0 Å². The van der Waals surface area contributed by atoms with Gasteiger partial charge >= 0.3 is 0 Å². The van der Waals surface area contributed by atoms with E-state index in [0.29, 0.717) is 10.0 Å². The van der Waals surface area contributed by atoms with Crippen LogP contribution >= 0.6 is 35.3 Å². The van der Waals surface area contributed by atoms with Crippen LogP contribution < -0.4 is 4.72 Å². The Morgan fingerprint density at radius 2 is 2.17 bits per heavy atom. The molecule has 0 saturated carbocycles. The standard InChI is InChI=1S/C16H14Cl2N4S/c1-9-2-3-10(5-19-9)7-22-8-11-4-12(17)14-13(18)6-20-16(14)15(11)21-23-22/h2-6,20-21H,7-8H2,1H3. The Kier molecular flexibility index (Phi) is 3.89. The summed E-state index contributed by atoms with van der Waals surface area (Å²) in [6.07, 6.45) is 3.70. The Bertz CT molecular complexity index is 876. The van der Waals surface area contributed by atoms with Crippen molar-refractivity contribution < 1.29 is 0 Å². The Balaban J connectivity index is 1.63. The highest BCUT2D eigenvalue weighted by atomic mass is 35.5. The molecule has 3 aromatic rings. The molecule has 0 bridgehead atoms. The third-order valence-corrected chi connectivity index (χ3v) is 5.31. The van der Waals surface area contributed by atoms with Crippen LogP contribution in [0.25, 0.3) is 10.9 Å². The normalized spacial score (nSPS) is 14.7. The minimum atomic E-state index is 0.646. The van der Waals surface area contributed by atoms with Crippen LogP contribution in [-0.4, -0.2) is 14.3 Å². The van der Waals surface area contributed by atoms with Crippen LogP contribution in [0.3, 0.4) is 0 Å². The molecule has 0 aliphatic carbocycles. The van der Waals surface area contributed by atoms with Gasteiger partial charge in [-0.2, -0.15) is 0 Å². The Labute approximate surface area is 148 Å². The Morgan fingerprint density at radius 1 is 1.30 bits per heavy atom. The highest BCUT2D eigenvalue weighted by Gasteiger charge is 2.22. The van der Waals surface area contributed by atoms with Crippen molar-refractivity contribution in [2.24, 2.45) is 0 Å². The molecule has 118 valence electrons. The van der Waals surface area contributed by atoms with Crippen molar-refractivity contribution >= 4 is 51.9 Å². The molecule has 2 N–H and O–H groups in total. The monoisotopic (exact) mass is 364 g/mol. The molecule has 7 heteroatoms. The summed E-state index contributed by atoms with van der Waals surface area (Å²) in [7, 11) is 0. The summed E-state index contributed by atoms with van der Waals surface area (Å²) < 4.78 is 5.64. The zero-order valence-electron chi connectivity index (χ0n) is 12.4. The summed E-state index contributed by atoms with van der Waals surface area (Å²) >= 11 is 14.2. The number of fused-ring (bicyclic) bond motifs is 3. The lowest BCUT2D eigenvalue weighted by atomic mass is 10.1. The van der Waals surface area contributed by atoms with Gasteiger partial charge in [-0.05, 0) is 30.2 Å². The molecule has 0 fully saturated rings. The third kappa shape index (κ3) is 2.78. The fourth-order valence-corrected chi connectivity index (χ4v) is 4.24. The predicted molar refractivity (Wildman–Crippen MR) is 97.8 cm³/mol. The van der Waals surface area contributed by atoms with Gasteiger partial charge in [-0.1, -0.05) is 29.3 Å². The van der Waals surface area contributed by atoms with Crippen LogP contribution in [0, 0.1) is 6.92 Å². The first-order valence-corrected chi connectivity index (χ1v) is 8.72. The van der Waals surface area contributed by atoms with Crippen LogP contribution in [0.15, 0.2) is 30.6 Å². The molecule has 0 unspecified atom stereocenters. The molecule has 0 radical (unpaired) electrons. The maximum atomic E-state index is 6.40. The van der Waals surface area contributed by atoms with Crippen molar-refractivity contribution in [3.05, 3.63) is 57.5 Å². The van der Waals surface area contributed by atoms with E-state index in [0.717, 1.165) is 40.9 Å². The molecule has 0 spiro atoms. The number of halogens is 2. The second kappa shape index (κ2) is 5.91. The topological polar surface area (TPSA) is 44.0 Å². The minimum absolute atomic E-state index is 0.646.